The number of rotatable bonds is 6. The summed E-state index contributed by atoms with van der Waals surface area (Å²) in [6.45, 7) is 4.90. The molecule has 0 bridgehead atoms. The van der Waals surface area contributed by atoms with Crippen molar-refractivity contribution in [2.45, 2.75) is 26.8 Å². The number of urea groups is 1. The maximum Gasteiger partial charge on any atom is 0.328 e. The van der Waals surface area contributed by atoms with Crippen LogP contribution in [0, 0.1) is 13.8 Å². The number of esters is 1. The third-order valence-corrected chi connectivity index (χ3v) is 3.58. The van der Waals surface area contributed by atoms with Crippen LogP contribution in [0.2, 0.25) is 0 Å². The number of carbonyl (C=O) groups excluding carboxylic acids is 3. The smallest absolute Gasteiger partial charge is 0.328 e. The zero-order valence-electron chi connectivity index (χ0n) is 15.5. The molecule has 0 aliphatic heterocycles. The molecule has 3 amide bonds. The number of carbonyl (C=O) groups is 3. The molecule has 7 nitrogen and oxygen atoms in total. The average molecular weight is 369 g/mol. The molecule has 0 unspecified atom stereocenters. The van der Waals surface area contributed by atoms with Crippen LogP contribution in [0.5, 0.6) is 0 Å². The van der Waals surface area contributed by atoms with E-state index in [1.165, 1.54) is 6.92 Å². The summed E-state index contributed by atoms with van der Waals surface area (Å²) in [5.41, 5.74) is 3.28. The Morgan fingerprint density at radius 1 is 0.926 bits per heavy atom. The number of benzene rings is 2. The number of para-hydroxylation sites is 1. The zero-order chi connectivity index (χ0) is 19.8. The van der Waals surface area contributed by atoms with Crippen molar-refractivity contribution in [3.8, 4) is 0 Å². The number of ether oxygens (including phenoxy) is 1. The Hall–Kier alpha value is -3.35. The van der Waals surface area contributed by atoms with Gasteiger partial charge in [-0.25, -0.2) is 9.59 Å². The van der Waals surface area contributed by atoms with Crippen molar-refractivity contribution in [3.05, 3.63) is 59.7 Å². The molecule has 0 spiro atoms. The summed E-state index contributed by atoms with van der Waals surface area (Å²) < 4.78 is 4.96. The minimum absolute atomic E-state index is 0.432. The predicted molar refractivity (Wildman–Crippen MR) is 104 cm³/mol. The summed E-state index contributed by atoms with van der Waals surface area (Å²) in [6, 6.07) is 13.0. The Bertz CT molecular complexity index is 801. The second-order valence-electron chi connectivity index (χ2n) is 6.22. The Labute approximate surface area is 158 Å². The van der Waals surface area contributed by atoms with Crippen molar-refractivity contribution >= 4 is 29.3 Å². The summed E-state index contributed by atoms with van der Waals surface area (Å²) in [5.74, 6) is -1.15. The van der Waals surface area contributed by atoms with Crippen LogP contribution >= 0.6 is 0 Å². The van der Waals surface area contributed by atoms with E-state index in [2.05, 4.69) is 16.0 Å². The van der Waals surface area contributed by atoms with Crippen molar-refractivity contribution in [2.24, 2.45) is 0 Å². The van der Waals surface area contributed by atoms with E-state index < -0.39 is 30.6 Å². The summed E-state index contributed by atoms with van der Waals surface area (Å²) in [7, 11) is 0. The molecular formula is C20H23N3O4. The van der Waals surface area contributed by atoms with Crippen LogP contribution in [-0.4, -0.2) is 30.6 Å². The summed E-state index contributed by atoms with van der Waals surface area (Å²) in [5, 5.41) is 7.73. The van der Waals surface area contributed by atoms with E-state index in [4.69, 9.17) is 4.74 Å². The fraction of sp³-hybridized carbons (Fsp3) is 0.250. The van der Waals surface area contributed by atoms with Gasteiger partial charge in [0.1, 0.15) is 6.04 Å². The quantitative estimate of drug-likeness (QED) is 0.682. The molecule has 0 radical (unpaired) electrons. The monoisotopic (exact) mass is 369 g/mol. The van der Waals surface area contributed by atoms with Crippen molar-refractivity contribution in [1.82, 2.24) is 5.32 Å². The largest absolute Gasteiger partial charge is 0.454 e. The van der Waals surface area contributed by atoms with Gasteiger partial charge >= 0.3 is 12.0 Å². The third kappa shape index (κ3) is 6.81. The number of amides is 3. The van der Waals surface area contributed by atoms with Crippen molar-refractivity contribution in [3.63, 3.8) is 0 Å². The van der Waals surface area contributed by atoms with Gasteiger partial charge in [-0.1, -0.05) is 24.3 Å². The van der Waals surface area contributed by atoms with Gasteiger partial charge in [0.05, 0.1) is 0 Å². The van der Waals surface area contributed by atoms with E-state index in [1.807, 2.05) is 38.1 Å². The van der Waals surface area contributed by atoms with E-state index in [1.54, 1.807) is 24.3 Å². The number of aryl methyl sites for hydroxylation is 2. The Morgan fingerprint density at radius 2 is 1.56 bits per heavy atom. The SMILES string of the molecule is Cc1cc(C)cc(NC(=O)COC(=O)[C@H](C)NC(=O)Nc2ccccc2)c1. The Morgan fingerprint density at radius 3 is 2.19 bits per heavy atom. The molecule has 0 fully saturated rings. The molecule has 2 aromatic carbocycles. The molecular weight excluding hydrogens is 346 g/mol. The highest BCUT2D eigenvalue weighted by Crippen LogP contribution is 2.13. The number of hydrogen-bond acceptors (Lipinski definition) is 4. The van der Waals surface area contributed by atoms with Crippen molar-refractivity contribution in [1.29, 1.82) is 0 Å². The Balaban J connectivity index is 1.76. The van der Waals surface area contributed by atoms with Crippen molar-refractivity contribution in [2.75, 3.05) is 17.2 Å². The lowest BCUT2D eigenvalue weighted by Gasteiger charge is -2.14. The third-order valence-electron chi connectivity index (χ3n) is 3.58. The minimum Gasteiger partial charge on any atom is -0.454 e. The van der Waals surface area contributed by atoms with Crippen LogP contribution in [0.4, 0.5) is 16.2 Å². The molecule has 2 rings (SSSR count). The predicted octanol–water partition coefficient (Wildman–Crippen LogP) is 3.00. The van der Waals surface area contributed by atoms with Crippen LogP contribution in [0.15, 0.2) is 48.5 Å². The van der Waals surface area contributed by atoms with Crippen LogP contribution < -0.4 is 16.0 Å². The lowest BCUT2D eigenvalue weighted by Crippen LogP contribution is -2.42. The van der Waals surface area contributed by atoms with Gasteiger partial charge in [0.15, 0.2) is 6.61 Å². The molecule has 1 atom stereocenters. The van der Waals surface area contributed by atoms with E-state index in [0.717, 1.165) is 11.1 Å². The maximum atomic E-state index is 12.0. The van der Waals surface area contributed by atoms with Gasteiger partial charge < -0.3 is 20.7 Å². The van der Waals surface area contributed by atoms with Crippen LogP contribution in [0.25, 0.3) is 0 Å². The van der Waals surface area contributed by atoms with Gasteiger partial charge in [-0.2, -0.15) is 0 Å². The normalized spacial score (nSPS) is 11.2. The average Bonchev–Trinajstić information content (AvgIpc) is 2.59. The molecule has 0 aliphatic carbocycles. The van der Waals surface area contributed by atoms with Gasteiger partial charge in [-0.3, -0.25) is 4.79 Å². The van der Waals surface area contributed by atoms with E-state index in [0.29, 0.717) is 11.4 Å². The molecule has 3 N–H and O–H groups in total. The van der Waals surface area contributed by atoms with E-state index >= 15 is 0 Å². The molecule has 0 saturated carbocycles. The fourth-order valence-electron chi connectivity index (χ4n) is 2.45. The second-order valence-corrected chi connectivity index (χ2v) is 6.22. The van der Waals surface area contributed by atoms with Gasteiger partial charge in [0.2, 0.25) is 0 Å². The standard InChI is InChI=1S/C20H23N3O4/c1-13-9-14(2)11-17(10-13)22-18(24)12-27-19(25)15(3)21-20(26)23-16-7-5-4-6-8-16/h4-11,15H,12H2,1-3H3,(H,22,24)(H2,21,23,26)/t15-/m0/s1. The van der Waals surface area contributed by atoms with E-state index in [-0.39, 0.29) is 0 Å². The molecule has 27 heavy (non-hydrogen) atoms. The maximum absolute atomic E-state index is 12.0. The van der Waals surface area contributed by atoms with Crippen LogP contribution in [0.3, 0.4) is 0 Å². The number of anilines is 2. The van der Waals surface area contributed by atoms with E-state index in [9.17, 15) is 14.4 Å². The first-order valence-corrected chi connectivity index (χ1v) is 8.51. The van der Waals surface area contributed by atoms with Gasteiger partial charge in [-0.15, -0.1) is 0 Å². The number of nitrogens with one attached hydrogen (secondary N) is 3. The summed E-state index contributed by atoms with van der Waals surface area (Å²) in [6.07, 6.45) is 0. The summed E-state index contributed by atoms with van der Waals surface area (Å²) >= 11 is 0. The zero-order valence-corrected chi connectivity index (χ0v) is 15.5. The van der Waals surface area contributed by atoms with Crippen molar-refractivity contribution < 1.29 is 19.1 Å². The van der Waals surface area contributed by atoms with Crippen LogP contribution in [-0.2, 0) is 14.3 Å². The first kappa shape index (κ1) is 20.0. The highest BCUT2D eigenvalue weighted by atomic mass is 16.5. The Kier molecular flexibility index (Phi) is 6.93. The molecule has 2 aromatic rings. The lowest BCUT2D eigenvalue weighted by atomic mass is 10.1. The second kappa shape index (κ2) is 9.38. The van der Waals surface area contributed by atoms with Crippen LogP contribution in [0.1, 0.15) is 18.1 Å². The molecule has 0 aliphatic rings. The van der Waals surface area contributed by atoms with Gasteiger partial charge in [0.25, 0.3) is 5.91 Å². The van der Waals surface area contributed by atoms with Gasteiger partial charge in [0, 0.05) is 11.4 Å². The fourth-order valence-corrected chi connectivity index (χ4v) is 2.45. The number of hydrogen-bond donors (Lipinski definition) is 3. The molecule has 0 saturated heterocycles. The molecule has 7 heteroatoms. The first-order chi connectivity index (χ1) is 12.8. The minimum atomic E-state index is -0.900. The highest BCUT2D eigenvalue weighted by Gasteiger charge is 2.18. The molecule has 0 heterocycles. The van der Waals surface area contributed by atoms with Gasteiger partial charge in [-0.05, 0) is 56.2 Å². The molecule has 0 aromatic heterocycles. The molecule has 142 valence electrons. The lowest BCUT2D eigenvalue weighted by molar-refractivity contribution is -0.148. The topological polar surface area (TPSA) is 96.5 Å². The summed E-state index contributed by atoms with van der Waals surface area (Å²) in [4.78, 5) is 35.7. The highest BCUT2D eigenvalue weighted by molar-refractivity contribution is 5.95. The first-order valence-electron chi connectivity index (χ1n) is 8.51.